The number of para-hydroxylation sites is 1. The molecule has 0 aliphatic carbocycles. The van der Waals surface area contributed by atoms with E-state index in [0.717, 1.165) is 29.2 Å². The molecule has 0 saturated heterocycles. The Morgan fingerprint density at radius 3 is 2.11 bits per heavy atom. The summed E-state index contributed by atoms with van der Waals surface area (Å²) in [6, 6.07) is 18.1. The zero-order valence-electron chi connectivity index (χ0n) is 16.0. The van der Waals surface area contributed by atoms with Crippen molar-refractivity contribution < 1.29 is 13.2 Å². The number of sulfonamides is 1. The highest BCUT2D eigenvalue weighted by molar-refractivity contribution is 7.88. The van der Waals surface area contributed by atoms with Crippen LogP contribution < -0.4 is 10.2 Å². The van der Waals surface area contributed by atoms with Crippen LogP contribution in [-0.2, 0) is 14.8 Å². The predicted octanol–water partition coefficient (Wildman–Crippen LogP) is 2.26. The lowest BCUT2D eigenvalue weighted by atomic mass is 10.1. The van der Waals surface area contributed by atoms with Crippen molar-refractivity contribution in [3.63, 3.8) is 0 Å². The summed E-state index contributed by atoms with van der Waals surface area (Å²) in [5.74, 6) is -0.323. The van der Waals surface area contributed by atoms with Gasteiger partial charge in [0.15, 0.2) is 0 Å². The number of carbonyl (C=O) groups excluding carboxylic acids is 1. The maximum Gasteiger partial charge on any atom is 0.242 e. The van der Waals surface area contributed by atoms with E-state index in [1.54, 1.807) is 24.3 Å². The van der Waals surface area contributed by atoms with Crippen LogP contribution in [0, 0.1) is 0 Å². The van der Waals surface area contributed by atoms with E-state index in [2.05, 4.69) is 10.2 Å². The van der Waals surface area contributed by atoms with E-state index < -0.39 is 16.1 Å². The van der Waals surface area contributed by atoms with Gasteiger partial charge in [-0.1, -0.05) is 48.5 Å². The van der Waals surface area contributed by atoms with E-state index in [9.17, 15) is 13.2 Å². The number of nitrogens with one attached hydrogen (secondary N) is 1. The smallest absolute Gasteiger partial charge is 0.242 e. The minimum absolute atomic E-state index is 0.323. The van der Waals surface area contributed by atoms with Gasteiger partial charge in [0.05, 0.1) is 6.26 Å². The van der Waals surface area contributed by atoms with Gasteiger partial charge in [-0.05, 0) is 24.1 Å². The predicted molar refractivity (Wildman–Crippen MR) is 109 cm³/mol. The number of amides is 1. The number of carbonyl (C=O) groups is 1. The zero-order valence-corrected chi connectivity index (χ0v) is 16.8. The lowest BCUT2D eigenvalue weighted by Crippen LogP contribution is -2.41. The highest BCUT2D eigenvalue weighted by atomic mass is 32.2. The van der Waals surface area contributed by atoms with Crippen molar-refractivity contribution in [3.8, 4) is 0 Å². The summed E-state index contributed by atoms with van der Waals surface area (Å²) in [6.07, 6.45) is 1.85. The molecule has 2 aromatic carbocycles. The second-order valence-corrected chi connectivity index (χ2v) is 8.54. The van der Waals surface area contributed by atoms with Crippen molar-refractivity contribution in [1.82, 2.24) is 9.62 Å². The van der Waals surface area contributed by atoms with Crippen LogP contribution >= 0.6 is 0 Å². The first-order chi connectivity index (χ1) is 12.8. The molecule has 0 heterocycles. The third-order valence-electron chi connectivity index (χ3n) is 4.42. The van der Waals surface area contributed by atoms with Crippen LogP contribution in [-0.4, -0.2) is 52.1 Å². The molecule has 27 heavy (non-hydrogen) atoms. The van der Waals surface area contributed by atoms with Gasteiger partial charge >= 0.3 is 0 Å². The van der Waals surface area contributed by atoms with Crippen molar-refractivity contribution in [1.29, 1.82) is 0 Å². The molecular weight excluding hydrogens is 362 g/mol. The van der Waals surface area contributed by atoms with Gasteiger partial charge in [-0.2, -0.15) is 4.31 Å². The maximum absolute atomic E-state index is 12.7. The Bertz CT molecular complexity index is 826. The fourth-order valence-electron chi connectivity index (χ4n) is 2.79. The average Bonchev–Trinajstić information content (AvgIpc) is 2.66. The van der Waals surface area contributed by atoms with Crippen LogP contribution in [0.4, 0.5) is 5.69 Å². The van der Waals surface area contributed by atoms with Crippen molar-refractivity contribution >= 4 is 21.6 Å². The molecule has 146 valence electrons. The molecule has 0 fully saturated rings. The topological polar surface area (TPSA) is 69.7 Å². The van der Waals surface area contributed by atoms with Crippen molar-refractivity contribution in [2.45, 2.75) is 12.5 Å². The monoisotopic (exact) mass is 389 g/mol. The molecule has 0 bridgehead atoms. The lowest BCUT2D eigenvalue weighted by Gasteiger charge is -2.26. The lowest BCUT2D eigenvalue weighted by molar-refractivity contribution is -0.124. The standard InChI is InChI=1S/C20H27N3O3S/c1-22(18-13-8-5-9-14-18)16-10-15-21-20(24)19(23(2)27(3,25)26)17-11-6-4-7-12-17/h4-9,11-14,19H,10,15-16H2,1-3H3,(H,21,24)/t19-/m0/s1. The van der Waals surface area contributed by atoms with Gasteiger partial charge in [0.1, 0.15) is 6.04 Å². The molecule has 1 N–H and O–H groups in total. The van der Waals surface area contributed by atoms with Crippen molar-refractivity contribution in [2.24, 2.45) is 0 Å². The third kappa shape index (κ3) is 6.08. The van der Waals surface area contributed by atoms with Gasteiger partial charge in [-0.15, -0.1) is 0 Å². The molecule has 0 aromatic heterocycles. The van der Waals surface area contributed by atoms with Gasteiger partial charge in [-0.3, -0.25) is 4.79 Å². The molecule has 0 aliphatic heterocycles. The molecule has 0 radical (unpaired) electrons. The zero-order chi connectivity index (χ0) is 19.9. The molecule has 0 aliphatic rings. The van der Waals surface area contributed by atoms with Gasteiger partial charge in [0, 0.05) is 32.9 Å². The average molecular weight is 390 g/mol. The Hall–Kier alpha value is -2.38. The van der Waals surface area contributed by atoms with Crippen LogP contribution in [0.25, 0.3) is 0 Å². The fourth-order valence-corrected chi connectivity index (χ4v) is 3.39. The van der Waals surface area contributed by atoms with E-state index in [0.29, 0.717) is 12.1 Å². The molecule has 7 heteroatoms. The molecule has 1 amide bonds. The first-order valence-corrected chi connectivity index (χ1v) is 10.7. The van der Waals surface area contributed by atoms with E-state index in [4.69, 9.17) is 0 Å². The van der Waals surface area contributed by atoms with Crippen LogP contribution in [0.15, 0.2) is 60.7 Å². The molecule has 0 saturated carbocycles. The quantitative estimate of drug-likeness (QED) is 0.668. The Morgan fingerprint density at radius 1 is 1.00 bits per heavy atom. The number of hydrogen-bond donors (Lipinski definition) is 1. The van der Waals surface area contributed by atoms with E-state index in [-0.39, 0.29) is 5.91 Å². The Labute approximate surface area is 161 Å². The molecule has 1 atom stereocenters. The highest BCUT2D eigenvalue weighted by Crippen LogP contribution is 2.21. The molecule has 6 nitrogen and oxygen atoms in total. The van der Waals surface area contributed by atoms with E-state index >= 15 is 0 Å². The second-order valence-electron chi connectivity index (χ2n) is 6.49. The first-order valence-electron chi connectivity index (χ1n) is 8.82. The Kier molecular flexibility index (Phi) is 7.38. The number of benzene rings is 2. The summed E-state index contributed by atoms with van der Waals surface area (Å²) < 4.78 is 25.0. The summed E-state index contributed by atoms with van der Waals surface area (Å²) >= 11 is 0. The Morgan fingerprint density at radius 2 is 1.56 bits per heavy atom. The minimum atomic E-state index is -3.51. The van der Waals surface area contributed by atoms with Gasteiger partial charge in [0.2, 0.25) is 15.9 Å². The highest BCUT2D eigenvalue weighted by Gasteiger charge is 2.30. The summed E-state index contributed by atoms with van der Waals surface area (Å²) in [4.78, 5) is 14.8. The third-order valence-corrected chi connectivity index (χ3v) is 5.67. The van der Waals surface area contributed by atoms with Crippen molar-refractivity contribution in [3.05, 3.63) is 66.2 Å². The number of anilines is 1. The molecule has 2 aromatic rings. The number of hydrogen-bond acceptors (Lipinski definition) is 4. The summed E-state index contributed by atoms with van der Waals surface area (Å²) in [5, 5.41) is 2.87. The molecule has 0 spiro atoms. The van der Waals surface area contributed by atoms with Crippen LogP contribution in [0.5, 0.6) is 0 Å². The fraction of sp³-hybridized carbons (Fsp3) is 0.350. The van der Waals surface area contributed by atoms with E-state index in [1.165, 1.54) is 7.05 Å². The SMILES string of the molecule is CN(CCCNC(=O)[C@H](c1ccccc1)N(C)S(C)(=O)=O)c1ccccc1. The van der Waals surface area contributed by atoms with Crippen LogP contribution in [0.3, 0.4) is 0 Å². The molecule has 2 rings (SSSR count). The minimum Gasteiger partial charge on any atom is -0.375 e. The second kappa shape index (κ2) is 9.53. The largest absolute Gasteiger partial charge is 0.375 e. The summed E-state index contributed by atoms with van der Waals surface area (Å²) in [6.45, 7) is 1.25. The Balaban J connectivity index is 1.96. The van der Waals surface area contributed by atoms with Gasteiger partial charge < -0.3 is 10.2 Å². The summed E-state index contributed by atoms with van der Waals surface area (Å²) in [5.41, 5.74) is 1.76. The first kappa shape index (κ1) is 20.9. The summed E-state index contributed by atoms with van der Waals surface area (Å²) in [7, 11) is -0.0833. The maximum atomic E-state index is 12.7. The normalized spacial score (nSPS) is 12.6. The van der Waals surface area contributed by atoms with Crippen LogP contribution in [0.2, 0.25) is 0 Å². The van der Waals surface area contributed by atoms with Gasteiger partial charge in [-0.25, -0.2) is 8.42 Å². The number of nitrogens with zero attached hydrogens (tertiary/aromatic N) is 2. The van der Waals surface area contributed by atoms with Crippen molar-refractivity contribution in [2.75, 3.05) is 38.3 Å². The number of likely N-dealkylation sites (N-methyl/N-ethyl adjacent to an activating group) is 1. The number of rotatable bonds is 9. The molecular formula is C20H27N3O3S. The van der Waals surface area contributed by atoms with Crippen LogP contribution in [0.1, 0.15) is 18.0 Å². The van der Waals surface area contributed by atoms with E-state index in [1.807, 2.05) is 43.4 Å². The van der Waals surface area contributed by atoms with Gasteiger partial charge in [0.25, 0.3) is 0 Å². The molecule has 0 unspecified atom stereocenters.